The van der Waals surface area contributed by atoms with Crippen LogP contribution in [-0.4, -0.2) is 51.9 Å². The number of ether oxygens (including phenoxy) is 4. The molecule has 0 atom stereocenters. The molecule has 0 aliphatic carbocycles. The smallest absolute Gasteiger partial charge is 0.305 e. The predicted octanol–water partition coefficient (Wildman–Crippen LogP) is 7.28. The number of halogens is 1. The Morgan fingerprint density at radius 3 is 2.13 bits per heavy atom. The summed E-state index contributed by atoms with van der Waals surface area (Å²) >= 11 is 6.00. The Balaban J connectivity index is 1.59. The van der Waals surface area contributed by atoms with Crippen LogP contribution in [0.3, 0.4) is 0 Å². The highest BCUT2D eigenvalue weighted by Gasteiger charge is 2.22. The van der Waals surface area contributed by atoms with Crippen molar-refractivity contribution in [2.45, 2.75) is 30.6 Å². The molecule has 0 amide bonds. The number of nitrogens with zero attached hydrogens (tertiary/aromatic N) is 2. The third-order valence-corrected chi connectivity index (χ3v) is 8.95. The average molecular weight is 664 g/mol. The van der Waals surface area contributed by atoms with Gasteiger partial charge in [-0.2, -0.15) is 0 Å². The Labute approximate surface area is 272 Å². The number of nitrogens with one attached hydrogen (secondary N) is 1. The SMILES string of the molecule is COC(=O)CCCCCOc1cc2c(cc1NS(=O)(=O)c1ccc(Cl)cc1)nc(-c1ccc(OC)cc1)n2-c1ccc(OC)cc1. The summed E-state index contributed by atoms with van der Waals surface area (Å²) in [5.74, 6) is 2.11. The Morgan fingerprint density at radius 1 is 0.848 bits per heavy atom. The number of esters is 1. The first-order chi connectivity index (χ1) is 22.2. The number of hydrogen-bond donors (Lipinski definition) is 1. The molecule has 46 heavy (non-hydrogen) atoms. The molecule has 0 spiro atoms. The van der Waals surface area contributed by atoms with Gasteiger partial charge in [-0.15, -0.1) is 0 Å². The summed E-state index contributed by atoms with van der Waals surface area (Å²) in [7, 11) is 0.581. The molecule has 5 rings (SSSR count). The van der Waals surface area contributed by atoms with Crippen LogP contribution in [0.2, 0.25) is 5.02 Å². The standard InChI is InChI=1S/C34H34ClN3O7S/c1-42-26-14-8-23(9-15-26)34-36-29-21-30(37-46(40,41)28-18-10-24(35)11-19-28)32(45-20-6-4-5-7-33(39)44-3)22-31(29)38(34)25-12-16-27(43-2)17-13-25/h8-19,21-22,37H,4-7,20H2,1-3H3. The summed E-state index contributed by atoms with van der Waals surface area (Å²) in [6, 6.07) is 24.5. The van der Waals surface area contributed by atoms with Crippen molar-refractivity contribution in [2.24, 2.45) is 0 Å². The van der Waals surface area contributed by atoms with Gasteiger partial charge >= 0.3 is 5.97 Å². The molecule has 0 fully saturated rings. The molecule has 1 heterocycles. The molecule has 10 nitrogen and oxygen atoms in total. The monoisotopic (exact) mass is 663 g/mol. The van der Waals surface area contributed by atoms with E-state index in [0.29, 0.717) is 65.0 Å². The van der Waals surface area contributed by atoms with E-state index in [2.05, 4.69) is 4.72 Å². The minimum atomic E-state index is -4.00. The van der Waals surface area contributed by atoms with E-state index in [1.807, 2.05) is 53.1 Å². The topological polar surface area (TPSA) is 118 Å². The van der Waals surface area contributed by atoms with E-state index in [4.69, 9.17) is 35.5 Å². The minimum Gasteiger partial charge on any atom is -0.497 e. The number of rotatable bonds is 14. The molecule has 4 aromatic carbocycles. The Morgan fingerprint density at radius 2 is 1.50 bits per heavy atom. The summed E-state index contributed by atoms with van der Waals surface area (Å²) in [5.41, 5.74) is 3.12. The number of carbonyl (C=O) groups excluding carboxylic acids is 1. The van der Waals surface area contributed by atoms with E-state index >= 15 is 0 Å². The number of hydrogen-bond acceptors (Lipinski definition) is 8. The van der Waals surface area contributed by atoms with Crippen LogP contribution in [-0.2, 0) is 19.6 Å². The second kappa shape index (κ2) is 14.6. The molecule has 0 radical (unpaired) electrons. The molecular weight excluding hydrogens is 630 g/mol. The van der Waals surface area contributed by atoms with Crippen molar-refractivity contribution in [1.29, 1.82) is 0 Å². The molecule has 1 aromatic heterocycles. The lowest BCUT2D eigenvalue weighted by atomic mass is 10.2. The van der Waals surface area contributed by atoms with Crippen molar-refractivity contribution < 1.29 is 32.2 Å². The van der Waals surface area contributed by atoms with Gasteiger partial charge in [0.25, 0.3) is 10.0 Å². The lowest BCUT2D eigenvalue weighted by Crippen LogP contribution is -2.14. The van der Waals surface area contributed by atoms with E-state index in [9.17, 15) is 13.2 Å². The molecule has 240 valence electrons. The number of anilines is 1. The van der Waals surface area contributed by atoms with Gasteiger partial charge in [-0.25, -0.2) is 13.4 Å². The van der Waals surface area contributed by atoms with Crippen molar-refractivity contribution >= 4 is 44.3 Å². The number of sulfonamides is 1. The molecule has 0 bridgehead atoms. The first-order valence-corrected chi connectivity index (χ1v) is 16.4. The summed E-state index contributed by atoms with van der Waals surface area (Å²) in [6.45, 7) is 0.296. The zero-order chi connectivity index (χ0) is 32.7. The van der Waals surface area contributed by atoms with E-state index in [1.54, 1.807) is 26.4 Å². The number of imidazole rings is 1. The summed E-state index contributed by atoms with van der Waals surface area (Å²) < 4.78 is 53.2. The number of unbranched alkanes of at least 4 members (excludes halogenated alkanes) is 2. The van der Waals surface area contributed by atoms with Crippen molar-refractivity contribution in [3.8, 4) is 34.3 Å². The van der Waals surface area contributed by atoms with Gasteiger partial charge in [0.2, 0.25) is 0 Å². The maximum absolute atomic E-state index is 13.4. The summed E-state index contributed by atoms with van der Waals surface area (Å²) in [4.78, 5) is 16.5. The van der Waals surface area contributed by atoms with E-state index < -0.39 is 10.0 Å². The number of aromatic nitrogens is 2. The number of fused-ring (bicyclic) bond motifs is 1. The van der Waals surface area contributed by atoms with Crippen LogP contribution in [0.4, 0.5) is 5.69 Å². The zero-order valence-corrected chi connectivity index (χ0v) is 27.2. The maximum Gasteiger partial charge on any atom is 0.305 e. The van der Waals surface area contributed by atoms with Crippen molar-refractivity contribution in [2.75, 3.05) is 32.7 Å². The predicted molar refractivity (Wildman–Crippen MR) is 178 cm³/mol. The van der Waals surface area contributed by atoms with Crippen molar-refractivity contribution in [3.63, 3.8) is 0 Å². The lowest BCUT2D eigenvalue weighted by molar-refractivity contribution is -0.140. The fourth-order valence-corrected chi connectivity index (χ4v) is 6.07. The zero-order valence-electron chi connectivity index (χ0n) is 25.7. The Bertz CT molecular complexity index is 1910. The molecular formula is C34H34ClN3O7S. The lowest BCUT2D eigenvalue weighted by Gasteiger charge is -2.15. The highest BCUT2D eigenvalue weighted by Crippen LogP contribution is 2.37. The first kappa shape index (κ1) is 32.6. The van der Waals surface area contributed by atoms with Crippen LogP contribution < -0.4 is 18.9 Å². The molecule has 5 aromatic rings. The van der Waals surface area contributed by atoms with Gasteiger partial charge in [0.05, 0.1) is 49.6 Å². The molecule has 0 saturated carbocycles. The van der Waals surface area contributed by atoms with Gasteiger partial charge in [0, 0.05) is 28.8 Å². The van der Waals surface area contributed by atoms with Crippen LogP contribution in [0.15, 0.2) is 89.8 Å². The molecule has 0 aliphatic rings. The van der Waals surface area contributed by atoms with Crippen LogP contribution in [0.1, 0.15) is 25.7 Å². The number of carbonyl (C=O) groups is 1. The third kappa shape index (κ3) is 7.55. The molecule has 0 aliphatic heterocycles. The van der Waals surface area contributed by atoms with Crippen molar-refractivity contribution in [3.05, 3.63) is 90.0 Å². The van der Waals surface area contributed by atoms with Gasteiger partial charge in [0.15, 0.2) is 0 Å². The van der Waals surface area contributed by atoms with Gasteiger partial charge in [-0.1, -0.05) is 11.6 Å². The molecule has 0 saturated heterocycles. The fraction of sp³-hybridized carbons (Fsp3) is 0.235. The normalized spacial score (nSPS) is 11.3. The maximum atomic E-state index is 13.4. The van der Waals surface area contributed by atoms with Crippen LogP contribution in [0, 0.1) is 0 Å². The third-order valence-electron chi connectivity index (χ3n) is 7.31. The van der Waals surface area contributed by atoms with Gasteiger partial charge < -0.3 is 18.9 Å². The van der Waals surface area contributed by atoms with Crippen LogP contribution in [0.5, 0.6) is 17.2 Å². The number of methoxy groups -OCH3 is 3. The van der Waals surface area contributed by atoms with Crippen LogP contribution in [0.25, 0.3) is 28.1 Å². The van der Waals surface area contributed by atoms with Gasteiger partial charge in [0.1, 0.15) is 23.1 Å². The van der Waals surface area contributed by atoms with E-state index in [0.717, 1.165) is 17.7 Å². The van der Waals surface area contributed by atoms with Gasteiger partial charge in [-0.05, 0) is 98.1 Å². The summed E-state index contributed by atoms with van der Waals surface area (Å²) in [6.07, 6.45) is 2.35. The Hall–Kier alpha value is -4.74. The second-order valence-corrected chi connectivity index (χ2v) is 12.4. The fourth-order valence-electron chi connectivity index (χ4n) is 4.88. The quantitative estimate of drug-likeness (QED) is 0.0973. The Kier molecular flexibility index (Phi) is 10.3. The van der Waals surface area contributed by atoms with Crippen LogP contribution >= 0.6 is 11.6 Å². The second-order valence-electron chi connectivity index (χ2n) is 10.3. The molecule has 1 N–H and O–H groups in total. The highest BCUT2D eigenvalue weighted by molar-refractivity contribution is 7.92. The molecule has 0 unspecified atom stereocenters. The molecule has 12 heteroatoms. The van der Waals surface area contributed by atoms with Crippen molar-refractivity contribution in [1.82, 2.24) is 9.55 Å². The minimum absolute atomic E-state index is 0.0495. The first-order valence-electron chi connectivity index (χ1n) is 14.6. The number of benzene rings is 4. The summed E-state index contributed by atoms with van der Waals surface area (Å²) in [5, 5.41) is 0.423. The largest absolute Gasteiger partial charge is 0.497 e. The van der Waals surface area contributed by atoms with Gasteiger partial charge in [-0.3, -0.25) is 14.1 Å². The van der Waals surface area contributed by atoms with E-state index in [-0.39, 0.29) is 16.6 Å². The average Bonchev–Trinajstić information content (AvgIpc) is 3.44. The highest BCUT2D eigenvalue weighted by atomic mass is 35.5. The van der Waals surface area contributed by atoms with E-state index in [1.165, 1.54) is 31.4 Å².